The Morgan fingerprint density at radius 2 is 2.00 bits per heavy atom. The van der Waals surface area contributed by atoms with E-state index in [0.717, 1.165) is 0 Å². The summed E-state index contributed by atoms with van der Waals surface area (Å²) in [5, 5.41) is 10.1. The van der Waals surface area contributed by atoms with E-state index in [2.05, 4.69) is 26.0 Å². The summed E-state index contributed by atoms with van der Waals surface area (Å²) in [7, 11) is -1.31. The Morgan fingerprint density at radius 1 is 1.33 bits per heavy atom. The van der Waals surface area contributed by atoms with E-state index in [1.807, 2.05) is 18.0 Å². The molecule has 1 aliphatic heterocycles. The summed E-state index contributed by atoms with van der Waals surface area (Å²) in [6, 6.07) is 6.02. The van der Waals surface area contributed by atoms with E-state index in [0.29, 0.717) is 13.1 Å². The fourth-order valence-corrected chi connectivity index (χ4v) is 3.66. The van der Waals surface area contributed by atoms with Crippen molar-refractivity contribution in [3.05, 3.63) is 34.9 Å². The third-order valence-electron chi connectivity index (χ3n) is 4.40. The normalized spacial score (nSPS) is 23.9. The first-order valence-electron chi connectivity index (χ1n) is 7.08. The molecule has 1 aromatic rings. The number of aliphatic hydroxyl groups excluding tert-OH is 1. The quantitative estimate of drug-likeness (QED) is 0.891. The summed E-state index contributed by atoms with van der Waals surface area (Å²) in [6.07, 6.45) is 0.544. The SMILES string of the molecule is Cc1cccc(CN(C)C2CN(S(C)(=O)=O)CC2O)c1C. The van der Waals surface area contributed by atoms with Crippen molar-refractivity contribution >= 4 is 10.0 Å². The molecule has 0 bridgehead atoms. The van der Waals surface area contributed by atoms with Crippen LogP contribution in [-0.2, 0) is 16.6 Å². The molecule has 0 saturated carbocycles. The molecule has 0 aromatic heterocycles. The van der Waals surface area contributed by atoms with Gasteiger partial charge in [-0.3, -0.25) is 4.90 Å². The monoisotopic (exact) mass is 312 g/mol. The minimum Gasteiger partial charge on any atom is -0.390 e. The van der Waals surface area contributed by atoms with Crippen molar-refractivity contribution in [3.63, 3.8) is 0 Å². The lowest BCUT2D eigenvalue weighted by molar-refractivity contribution is 0.0952. The Hall–Kier alpha value is -0.950. The maximum absolute atomic E-state index is 11.6. The van der Waals surface area contributed by atoms with Gasteiger partial charge in [0.25, 0.3) is 0 Å². The highest BCUT2D eigenvalue weighted by atomic mass is 32.2. The zero-order chi connectivity index (χ0) is 15.8. The Morgan fingerprint density at radius 3 is 2.57 bits per heavy atom. The topological polar surface area (TPSA) is 60.9 Å². The molecule has 1 saturated heterocycles. The van der Waals surface area contributed by atoms with Gasteiger partial charge in [-0.1, -0.05) is 18.2 Å². The van der Waals surface area contributed by atoms with Crippen LogP contribution in [0.1, 0.15) is 16.7 Å². The smallest absolute Gasteiger partial charge is 0.211 e. The average Bonchev–Trinajstić information content (AvgIpc) is 2.77. The predicted molar refractivity (Wildman–Crippen MR) is 83.6 cm³/mol. The highest BCUT2D eigenvalue weighted by Gasteiger charge is 2.38. The van der Waals surface area contributed by atoms with E-state index in [-0.39, 0.29) is 12.6 Å². The molecular weight excluding hydrogens is 288 g/mol. The van der Waals surface area contributed by atoms with Gasteiger partial charge in [-0.05, 0) is 37.6 Å². The number of rotatable bonds is 4. The lowest BCUT2D eigenvalue weighted by Crippen LogP contribution is -2.40. The molecule has 5 nitrogen and oxygen atoms in total. The molecular formula is C15H24N2O3S. The second-order valence-electron chi connectivity index (χ2n) is 5.99. The van der Waals surface area contributed by atoms with Crippen LogP contribution >= 0.6 is 0 Å². The highest BCUT2D eigenvalue weighted by Crippen LogP contribution is 2.21. The molecule has 2 atom stereocenters. The number of β-amino-alcohol motifs (C(OH)–C–C–N with tert-alkyl or cyclic N) is 1. The molecule has 1 heterocycles. The summed E-state index contributed by atoms with van der Waals surface area (Å²) < 4.78 is 24.6. The molecule has 1 aliphatic rings. The van der Waals surface area contributed by atoms with Crippen molar-refractivity contribution in [2.24, 2.45) is 0 Å². The van der Waals surface area contributed by atoms with Crippen molar-refractivity contribution in [2.45, 2.75) is 32.5 Å². The van der Waals surface area contributed by atoms with Crippen LogP contribution < -0.4 is 0 Å². The van der Waals surface area contributed by atoms with Gasteiger partial charge in [0.15, 0.2) is 0 Å². The molecule has 2 rings (SSSR count). The summed E-state index contributed by atoms with van der Waals surface area (Å²) in [5.74, 6) is 0. The number of aliphatic hydroxyl groups is 1. The van der Waals surface area contributed by atoms with Crippen LogP contribution in [0.2, 0.25) is 0 Å². The number of nitrogens with zero attached hydrogens (tertiary/aromatic N) is 2. The van der Waals surface area contributed by atoms with E-state index in [1.54, 1.807) is 0 Å². The lowest BCUT2D eigenvalue weighted by atomic mass is 10.0. The first-order valence-corrected chi connectivity index (χ1v) is 8.93. The number of hydrogen-bond acceptors (Lipinski definition) is 4. The van der Waals surface area contributed by atoms with Crippen LogP contribution in [0.25, 0.3) is 0 Å². The first kappa shape index (κ1) is 16.4. The zero-order valence-electron chi connectivity index (χ0n) is 13.1. The number of hydrogen-bond donors (Lipinski definition) is 1. The molecule has 1 N–H and O–H groups in total. The average molecular weight is 312 g/mol. The van der Waals surface area contributed by atoms with Gasteiger partial charge < -0.3 is 5.11 Å². The number of likely N-dealkylation sites (N-methyl/N-ethyl adjacent to an activating group) is 1. The van der Waals surface area contributed by atoms with Crippen LogP contribution in [0, 0.1) is 13.8 Å². The van der Waals surface area contributed by atoms with Crippen LogP contribution in [0.15, 0.2) is 18.2 Å². The summed E-state index contributed by atoms with van der Waals surface area (Å²) in [5.41, 5.74) is 3.70. The van der Waals surface area contributed by atoms with Gasteiger partial charge in [0.2, 0.25) is 10.0 Å². The number of aryl methyl sites for hydroxylation is 1. The standard InChI is InChI=1S/C15H24N2O3S/c1-11-6-5-7-13(12(11)2)8-16(3)14-9-17(10-15(14)18)21(4,19)20/h5-7,14-15,18H,8-10H2,1-4H3. The molecule has 2 unspecified atom stereocenters. The van der Waals surface area contributed by atoms with Crippen molar-refractivity contribution < 1.29 is 13.5 Å². The molecule has 0 aliphatic carbocycles. The van der Waals surface area contributed by atoms with E-state index in [1.165, 1.54) is 27.3 Å². The maximum atomic E-state index is 11.6. The second kappa shape index (κ2) is 6.04. The summed E-state index contributed by atoms with van der Waals surface area (Å²) in [4.78, 5) is 2.04. The predicted octanol–water partition coefficient (Wildman–Crippen LogP) is 0.740. The molecule has 21 heavy (non-hydrogen) atoms. The lowest BCUT2D eigenvalue weighted by Gasteiger charge is -2.27. The Kier molecular flexibility index (Phi) is 4.72. The Bertz CT molecular complexity index is 615. The fraction of sp³-hybridized carbons (Fsp3) is 0.600. The van der Waals surface area contributed by atoms with Gasteiger partial charge in [-0.15, -0.1) is 0 Å². The second-order valence-corrected chi connectivity index (χ2v) is 7.97. The Balaban J connectivity index is 2.10. The van der Waals surface area contributed by atoms with E-state index < -0.39 is 16.1 Å². The maximum Gasteiger partial charge on any atom is 0.211 e. The third kappa shape index (κ3) is 3.63. The summed E-state index contributed by atoms with van der Waals surface area (Å²) >= 11 is 0. The van der Waals surface area contributed by atoms with Crippen LogP contribution in [0.3, 0.4) is 0 Å². The Labute approximate surface area is 127 Å². The van der Waals surface area contributed by atoms with E-state index in [4.69, 9.17) is 0 Å². The molecule has 1 fully saturated rings. The van der Waals surface area contributed by atoms with Crippen molar-refractivity contribution in [3.8, 4) is 0 Å². The number of benzene rings is 1. The summed E-state index contributed by atoms with van der Waals surface area (Å²) in [6.45, 7) is 5.40. The van der Waals surface area contributed by atoms with E-state index >= 15 is 0 Å². The molecule has 118 valence electrons. The van der Waals surface area contributed by atoms with Crippen molar-refractivity contribution in [1.29, 1.82) is 0 Å². The third-order valence-corrected chi connectivity index (χ3v) is 5.63. The molecule has 0 spiro atoms. The van der Waals surface area contributed by atoms with Crippen molar-refractivity contribution in [1.82, 2.24) is 9.21 Å². The van der Waals surface area contributed by atoms with E-state index in [9.17, 15) is 13.5 Å². The number of sulfonamides is 1. The minimum absolute atomic E-state index is 0.167. The largest absolute Gasteiger partial charge is 0.390 e. The van der Waals surface area contributed by atoms with Gasteiger partial charge in [-0.25, -0.2) is 8.42 Å². The van der Waals surface area contributed by atoms with Gasteiger partial charge in [0.1, 0.15) is 0 Å². The van der Waals surface area contributed by atoms with Crippen molar-refractivity contribution in [2.75, 3.05) is 26.4 Å². The zero-order valence-corrected chi connectivity index (χ0v) is 13.9. The van der Waals surface area contributed by atoms with Gasteiger partial charge >= 0.3 is 0 Å². The minimum atomic E-state index is -3.24. The molecule has 1 aromatic carbocycles. The molecule has 0 amide bonds. The molecule has 6 heteroatoms. The van der Waals surface area contributed by atoms with Gasteiger partial charge in [0, 0.05) is 19.6 Å². The van der Waals surface area contributed by atoms with Crippen LogP contribution in [0.4, 0.5) is 0 Å². The molecule has 0 radical (unpaired) electrons. The van der Waals surface area contributed by atoms with Gasteiger partial charge in [0.05, 0.1) is 18.4 Å². The van der Waals surface area contributed by atoms with Crippen LogP contribution in [-0.4, -0.2) is 61.3 Å². The highest BCUT2D eigenvalue weighted by molar-refractivity contribution is 7.88. The van der Waals surface area contributed by atoms with Gasteiger partial charge in [-0.2, -0.15) is 4.31 Å². The van der Waals surface area contributed by atoms with Crippen LogP contribution in [0.5, 0.6) is 0 Å². The fourth-order valence-electron chi connectivity index (χ4n) is 2.81. The first-order chi connectivity index (χ1) is 9.70.